The van der Waals surface area contributed by atoms with Crippen LogP contribution in [0, 0.1) is 0 Å². The number of alkyl halides is 2. The van der Waals surface area contributed by atoms with Crippen molar-refractivity contribution in [3.8, 4) is 0 Å². The van der Waals surface area contributed by atoms with E-state index in [0.717, 1.165) is 0 Å². The Labute approximate surface area is 113 Å². The Hall–Kier alpha value is -2.03. The first-order valence-electron chi connectivity index (χ1n) is 6.09. The van der Waals surface area contributed by atoms with Gasteiger partial charge in [-0.15, -0.1) is 0 Å². The highest BCUT2D eigenvalue weighted by atomic mass is 19.3. The summed E-state index contributed by atoms with van der Waals surface area (Å²) >= 11 is 0. The Kier molecular flexibility index (Phi) is 3.98. The second-order valence-electron chi connectivity index (χ2n) is 4.66. The van der Waals surface area contributed by atoms with Crippen LogP contribution in [0.25, 0.3) is 0 Å². The number of halogens is 2. The summed E-state index contributed by atoms with van der Waals surface area (Å²) in [7, 11) is 0. The maximum absolute atomic E-state index is 13.0. The zero-order valence-corrected chi connectivity index (χ0v) is 10.6. The molecule has 1 aromatic rings. The highest BCUT2D eigenvalue weighted by Gasteiger charge is 2.42. The van der Waals surface area contributed by atoms with E-state index in [0.29, 0.717) is 6.54 Å². The molecule has 1 unspecified atom stereocenters. The topological polar surface area (TPSA) is 102 Å². The second-order valence-corrected chi connectivity index (χ2v) is 4.66. The smallest absolute Gasteiger partial charge is 0.262 e. The van der Waals surface area contributed by atoms with Gasteiger partial charge in [0.1, 0.15) is 0 Å². The number of nitrogens with one attached hydrogen (secondary N) is 2. The third-order valence-electron chi connectivity index (χ3n) is 2.91. The number of rotatable bonds is 5. The zero-order valence-electron chi connectivity index (χ0n) is 10.6. The molecule has 0 aromatic carbocycles. The predicted octanol–water partition coefficient (Wildman–Crippen LogP) is -0.306. The first kappa shape index (κ1) is 14.4. The Morgan fingerprint density at radius 2 is 2.35 bits per heavy atom. The molecule has 7 nitrogen and oxygen atoms in total. The lowest BCUT2D eigenvalue weighted by Crippen LogP contribution is -2.35. The summed E-state index contributed by atoms with van der Waals surface area (Å²) in [6.07, 6.45) is 1.17. The van der Waals surface area contributed by atoms with Gasteiger partial charge in [-0.25, -0.2) is 8.78 Å². The molecule has 1 aromatic heterocycles. The fourth-order valence-electron chi connectivity index (χ4n) is 1.89. The van der Waals surface area contributed by atoms with Crippen molar-refractivity contribution in [3.63, 3.8) is 0 Å². The number of amides is 2. The van der Waals surface area contributed by atoms with Crippen LogP contribution in [0.4, 0.5) is 14.6 Å². The Morgan fingerprint density at radius 3 is 2.95 bits per heavy atom. The first-order chi connectivity index (χ1) is 9.35. The number of carbonyl (C=O) groups excluding carboxylic acids is 2. The molecule has 2 heterocycles. The molecule has 1 aliphatic rings. The standard InChI is InChI=1S/C11H15F2N5O2/c12-11(13)5-7(15-6-11)10(20)16-9-2-4-18(17-9)3-1-8(14)19/h2,4,7,15H,1,3,5-6H2,(H2,14,19)(H,16,17,20). The van der Waals surface area contributed by atoms with Gasteiger partial charge in [0.15, 0.2) is 5.82 Å². The summed E-state index contributed by atoms with van der Waals surface area (Å²) in [5.74, 6) is -3.62. The molecule has 1 aliphatic heterocycles. The van der Waals surface area contributed by atoms with Crippen molar-refractivity contribution < 1.29 is 18.4 Å². The van der Waals surface area contributed by atoms with Crippen molar-refractivity contribution in [2.24, 2.45) is 5.73 Å². The van der Waals surface area contributed by atoms with Gasteiger partial charge in [-0.05, 0) is 0 Å². The van der Waals surface area contributed by atoms with Gasteiger partial charge >= 0.3 is 0 Å². The third kappa shape index (κ3) is 3.73. The number of aryl methyl sites for hydroxylation is 1. The SMILES string of the molecule is NC(=O)CCn1ccc(NC(=O)C2CC(F)(F)CN2)n1. The second kappa shape index (κ2) is 5.53. The van der Waals surface area contributed by atoms with Gasteiger partial charge in [0.25, 0.3) is 5.92 Å². The molecule has 110 valence electrons. The summed E-state index contributed by atoms with van der Waals surface area (Å²) in [5.41, 5.74) is 5.01. The van der Waals surface area contributed by atoms with Gasteiger partial charge in [0.2, 0.25) is 11.8 Å². The van der Waals surface area contributed by atoms with Crippen LogP contribution in [0.1, 0.15) is 12.8 Å². The van der Waals surface area contributed by atoms with Crippen LogP contribution in [0.2, 0.25) is 0 Å². The quantitative estimate of drug-likeness (QED) is 0.691. The number of hydrogen-bond acceptors (Lipinski definition) is 4. The molecule has 1 fully saturated rings. The molecule has 0 radical (unpaired) electrons. The molecular formula is C11H15F2N5O2. The van der Waals surface area contributed by atoms with Crippen molar-refractivity contribution in [2.75, 3.05) is 11.9 Å². The lowest BCUT2D eigenvalue weighted by atomic mass is 10.2. The monoisotopic (exact) mass is 287 g/mol. The van der Waals surface area contributed by atoms with Crippen LogP contribution in [-0.4, -0.2) is 40.1 Å². The van der Waals surface area contributed by atoms with Gasteiger partial charge in [-0.3, -0.25) is 19.6 Å². The van der Waals surface area contributed by atoms with Crippen LogP contribution < -0.4 is 16.4 Å². The van der Waals surface area contributed by atoms with E-state index in [1.807, 2.05) is 0 Å². The van der Waals surface area contributed by atoms with Crippen LogP contribution >= 0.6 is 0 Å². The van der Waals surface area contributed by atoms with Crippen LogP contribution in [0.15, 0.2) is 12.3 Å². The average Bonchev–Trinajstić information content (AvgIpc) is 2.93. The highest BCUT2D eigenvalue weighted by Crippen LogP contribution is 2.25. The lowest BCUT2D eigenvalue weighted by Gasteiger charge is -2.09. The van der Waals surface area contributed by atoms with E-state index in [4.69, 9.17) is 5.73 Å². The molecular weight excluding hydrogens is 272 g/mol. The molecule has 0 bridgehead atoms. The van der Waals surface area contributed by atoms with Crippen molar-refractivity contribution in [3.05, 3.63) is 12.3 Å². The minimum absolute atomic E-state index is 0.130. The fraction of sp³-hybridized carbons (Fsp3) is 0.545. The number of carbonyl (C=O) groups is 2. The Bertz CT molecular complexity index is 517. The van der Waals surface area contributed by atoms with Gasteiger partial charge in [-0.1, -0.05) is 0 Å². The summed E-state index contributed by atoms with van der Waals surface area (Å²) in [6.45, 7) is -0.205. The summed E-state index contributed by atoms with van der Waals surface area (Å²) in [4.78, 5) is 22.4. The normalized spacial score (nSPS) is 20.8. The Morgan fingerprint density at radius 1 is 1.60 bits per heavy atom. The van der Waals surface area contributed by atoms with E-state index in [1.54, 1.807) is 6.20 Å². The van der Waals surface area contributed by atoms with Crippen LogP contribution in [-0.2, 0) is 16.1 Å². The third-order valence-corrected chi connectivity index (χ3v) is 2.91. The molecule has 20 heavy (non-hydrogen) atoms. The molecule has 0 aliphatic carbocycles. The highest BCUT2D eigenvalue weighted by molar-refractivity contribution is 5.94. The van der Waals surface area contributed by atoms with E-state index in [9.17, 15) is 18.4 Å². The van der Waals surface area contributed by atoms with E-state index in [2.05, 4.69) is 15.7 Å². The van der Waals surface area contributed by atoms with Gasteiger partial charge in [0.05, 0.1) is 12.6 Å². The van der Waals surface area contributed by atoms with Crippen molar-refractivity contribution in [1.29, 1.82) is 0 Å². The van der Waals surface area contributed by atoms with Crippen molar-refractivity contribution >= 4 is 17.6 Å². The predicted molar refractivity (Wildman–Crippen MR) is 66.0 cm³/mol. The summed E-state index contributed by atoms with van der Waals surface area (Å²) in [5, 5.41) is 8.89. The maximum Gasteiger partial charge on any atom is 0.262 e. The zero-order chi connectivity index (χ0) is 14.8. The fourth-order valence-corrected chi connectivity index (χ4v) is 1.89. The van der Waals surface area contributed by atoms with Crippen LogP contribution in [0.3, 0.4) is 0 Å². The van der Waals surface area contributed by atoms with Gasteiger partial charge < -0.3 is 11.1 Å². The largest absolute Gasteiger partial charge is 0.370 e. The molecule has 0 spiro atoms. The number of primary amides is 1. The number of nitrogens with zero attached hydrogens (tertiary/aromatic N) is 2. The van der Waals surface area contributed by atoms with Crippen LogP contribution in [0.5, 0.6) is 0 Å². The van der Waals surface area contributed by atoms with E-state index in [1.165, 1.54) is 10.7 Å². The molecule has 1 atom stereocenters. The van der Waals surface area contributed by atoms with Crippen molar-refractivity contribution in [1.82, 2.24) is 15.1 Å². The Balaban J connectivity index is 1.87. The summed E-state index contributed by atoms with van der Waals surface area (Å²) in [6, 6.07) is 0.590. The lowest BCUT2D eigenvalue weighted by molar-refractivity contribution is -0.119. The molecule has 0 saturated carbocycles. The molecule has 2 rings (SSSR count). The van der Waals surface area contributed by atoms with Gasteiger partial charge in [0, 0.05) is 31.6 Å². The summed E-state index contributed by atoms with van der Waals surface area (Å²) < 4.78 is 27.4. The first-order valence-corrected chi connectivity index (χ1v) is 6.09. The van der Waals surface area contributed by atoms with Crippen molar-refractivity contribution in [2.45, 2.75) is 31.4 Å². The minimum atomic E-state index is -2.86. The van der Waals surface area contributed by atoms with E-state index < -0.39 is 36.7 Å². The number of anilines is 1. The number of hydrogen-bond donors (Lipinski definition) is 3. The molecule has 4 N–H and O–H groups in total. The van der Waals surface area contributed by atoms with E-state index in [-0.39, 0.29) is 12.2 Å². The number of nitrogens with two attached hydrogens (primary N) is 1. The number of aromatic nitrogens is 2. The van der Waals surface area contributed by atoms with E-state index >= 15 is 0 Å². The average molecular weight is 287 g/mol. The molecule has 2 amide bonds. The maximum atomic E-state index is 13.0. The van der Waals surface area contributed by atoms with Gasteiger partial charge in [-0.2, -0.15) is 5.10 Å². The minimum Gasteiger partial charge on any atom is -0.370 e. The molecule has 9 heteroatoms. The molecule has 1 saturated heterocycles.